The Labute approximate surface area is 390 Å². The molecule has 0 bridgehead atoms. The third kappa shape index (κ3) is 45.9. The Balaban J connectivity index is 4.66. The smallest absolute Gasteiger partial charge is 0.306 e. The van der Waals surface area contributed by atoms with Crippen molar-refractivity contribution in [2.24, 2.45) is 0 Å². The number of ether oxygens (including phenoxy) is 1. The first-order chi connectivity index (χ1) is 31.0. The summed E-state index contributed by atoms with van der Waals surface area (Å²) in [6.07, 6.45) is 62.8. The van der Waals surface area contributed by atoms with Crippen LogP contribution in [-0.2, 0) is 14.3 Å². The number of aliphatic hydroxyl groups is 2. The van der Waals surface area contributed by atoms with Crippen molar-refractivity contribution < 1.29 is 24.5 Å². The lowest BCUT2D eigenvalue weighted by atomic mass is 10.0. The zero-order valence-corrected chi connectivity index (χ0v) is 41.7. The summed E-state index contributed by atoms with van der Waals surface area (Å²) in [4.78, 5) is 26.2. The molecule has 0 saturated carbocycles. The molecule has 0 rings (SSSR count). The first-order valence-electron chi connectivity index (χ1n) is 27.1. The van der Waals surface area contributed by atoms with E-state index in [9.17, 15) is 19.8 Å². The molecular formula is C57H103NO5. The van der Waals surface area contributed by atoms with Gasteiger partial charge in [-0.2, -0.15) is 0 Å². The number of unbranched alkanes of at least 4 members (excludes halogenated alkanes) is 29. The molecule has 0 aliphatic heterocycles. The predicted molar refractivity (Wildman–Crippen MR) is 273 cm³/mol. The maximum Gasteiger partial charge on any atom is 0.306 e. The first kappa shape index (κ1) is 60.6. The van der Waals surface area contributed by atoms with Gasteiger partial charge in [0, 0.05) is 6.42 Å². The Bertz CT molecular complexity index is 1130. The number of carbonyl (C=O) groups excluding carboxylic acids is 2. The van der Waals surface area contributed by atoms with Gasteiger partial charge in [0.1, 0.15) is 6.10 Å². The fourth-order valence-corrected chi connectivity index (χ4v) is 8.03. The van der Waals surface area contributed by atoms with Crippen molar-refractivity contribution in [3.05, 3.63) is 60.8 Å². The highest BCUT2D eigenvalue weighted by Crippen LogP contribution is 2.17. The Morgan fingerprint density at radius 3 is 1.32 bits per heavy atom. The third-order valence-corrected chi connectivity index (χ3v) is 12.2. The summed E-state index contributed by atoms with van der Waals surface area (Å²) in [7, 11) is 0. The highest BCUT2D eigenvalue weighted by Gasteiger charge is 2.24. The molecule has 3 N–H and O–H groups in total. The lowest BCUT2D eigenvalue weighted by molar-refractivity contribution is -0.151. The van der Waals surface area contributed by atoms with E-state index in [0.29, 0.717) is 19.3 Å². The number of esters is 1. The SMILES string of the molecule is CCCCC/C=C/C=C/C=C/C=C/CCCCCC(CC(=O)NC(CO)C(O)CCCCCCCCCCCCC)OC(=O)CCCCCCCCC/C=C/CCCCCCCC. The van der Waals surface area contributed by atoms with Crippen LogP contribution in [0.15, 0.2) is 60.8 Å². The van der Waals surface area contributed by atoms with Crippen LogP contribution in [0.5, 0.6) is 0 Å². The van der Waals surface area contributed by atoms with Crippen molar-refractivity contribution in [2.75, 3.05) is 6.61 Å². The van der Waals surface area contributed by atoms with Gasteiger partial charge in [0.25, 0.3) is 0 Å². The quantitative estimate of drug-likeness (QED) is 0.0245. The molecule has 0 fully saturated rings. The van der Waals surface area contributed by atoms with Crippen LogP contribution in [0, 0.1) is 0 Å². The topological polar surface area (TPSA) is 95.9 Å². The van der Waals surface area contributed by atoms with Gasteiger partial charge in [0.15, 0.2) is 0 Å². The second-order valence-electron chi connectivity index (χ2n) is 18.4. The maximum atomic E-state index is 13.2. The normalized spacial score (nSPS) is 13.7. The second kappa shape index (κ2) is 50.6. The van der Waals surface area contributed by atoms with Gasteiger partial charge in [0.05, 0.1) is 25.2 Å². The molecule has 0 aromatic heterocycles. The molecule has 0 aromatic rings. The summed E-state index contributed by atoms with van der Waals surface area (Å²) in [6, 6.07) is -0.716. The summed E-state index contributed by atoms with van der Waals surface area (Å²) in [5.74, 6) is -0.513. The van der Waals surface area contributed by atoms with E-state index in [-0.39, 0.29) is 24.9 Å². The summed E-state index contributed by atoms with van der Waals surface area (Å²) < 4.78 is 5.93. The number of nitrogens with one attached hydrogen (secondary N) is 1. The Morgan fingerprint density at radius 2 is 0.825 bits per heavy atom. The molecule has 3 unspecified atom stereocenters. The molecule has 1 amide bonds. The van der Waals surface area contributed by atoms with E-state index in [2.05, 4.69) is 86.8 Å². The van der Waals surface area contributed by atoms with E-state index < -0.39 is 18.2 Å². The van der Waals surface area contributed by atoms with Crippen molar-refractivity contribution in [1.29, 1.82) is 0 Å². The summed E-state index contributed by atoms with van der Waals surface area (Å²) >= 11 is 0. The van der Waals surface area contributed by atoms with Crippen LogP contribution in [0.4, 0.5) is 0 Å². The van der Waals surface area contributed by atoms with E-state index in [1.54, 1.807) is 0 Å². The molecular weight excluding hydrogens is 779 g/mol. The molecule has 0 aromatic carbocycles. The number of hydrogen-bond acceptors (Lipinski definition) is 5. The van der Waals surface area contributed by atoms with E-state index in [0.717, 1.165) is 70.6 Å². The van der Waals surface area contributed by atoms with Crippen molar-refractivity contribution in [3.8, 4) is 0 Å². The molecule has 0 radical (unpaired) electrons. The largest absolute Gasteiger partial charge is 0.462 e. The predicted octanol–water partition coefficient (Wildman–Crippen LogP) is 16.4. The van der Waals surface area contributed by atoms with E-state index in [1.165, 1.54) is 148 Å². The molecule has 6 heteroatoms. The highest BCUT2D eigenvalue weighted by atomic mass is 16.5. The Morgan fingerprint density at radius 1 is 0.460 bits per heavy atom. The number of amides is 1. The number of allylic oxidation sites excluding steroid dienone is 10. The standard InChI is InChI=1S/C57H103NO5/c1-4-7-10-13-16-19-22-24-26-28-30-32-35-38-41-44-47-50-57(62)63-53(48-45-42-39-36-34-31-29-27-25-23-20-17-14-11-8-5-2)51-56(61)58-54(52-59)55(60)49-46-43-40-37-33-21-18-15-12-9-6-3/h17,20,23-27,29,31,34,53-55,59-60H,4-16,18-19,21-22,28,30,32-33,35-52H2,1-3H3,(H,58,61)/b20-17+,25-23+,26-24+,29-27+,34-31+. The van der Waals surface area contributed by atoms with Crippen LogP contribution in [0.3, 0.4) is 0 Å². The number of rotatable bonds is 48. The van der Waals surface area contributed by atoms with Crippen molar-refractivity contribution in [1.82, 2.24) is 5.32 Å². The van der Waals surface area contributed by atoms with Crippen LogP contribution >= 0.6 is 0 Å². The van der Waals surface area contributed by atoms with E-state index in [4.69, 9.17) is 4.74 Å². The number of hydrogen-bond donors (Lipinski definition) is 3. The van der Waals surface area contributed by atoms with Gasteiger partial charge in [-0.1, -0.05) is 236 Å². The molecule has 63 heavy (non-hydrogen) atoms. The van der Waals surface area contributed by atoms with Gasteiger partial charge < -0.3 is 20.3 Å². The maximum absolute atomic E-state index is 13.2. The fraction of sp³-hybridized carbons (Fsp3) is 0.789. The summed E-state index contributed by atoms with van der Waals surface area (Å²) in [5, 5.41) is 23.8. The highest BCUT2D eigenvalue weighted by molar-refractivity contribution is 5.77. The molecule has 6 nitrogen and oxygen atoms in total. The van der Waals surface area contributed by atoms with Crippen LogP contribution in [0.1, 0.15) is 265 Å². The average Bonchev–Trinajstić information content (AvgIpc) is 3.28. The monoisotopic (exact) mass is 882 g/mol. The molecule has 0 aliphatic rings. The molecule has 3 atom stereocenters. The molecule has 0 saturated heterocycles. The Hall–Kier alpha value is -2.44. The zero-order valence-electron chi connectivity index (χ0n) is 41.7. The molecule has 0 heterocycles. The van der Waals surface area contributed by atoms with Crippen LogP contribution < -0.4 is 5.32 Å². The van der Waals surface area contributed by atoms with Crippen molar-refractivity contribution >= 4 is 11.9 Å². The summed E-state index contributed by atoms with van der Waals surface area (Å²) in [5.41, 5.74) is 0. The van der Waals surface area contributed by atoms with Crippen LogP contribution in [0.2, 0.25) is 0 Å². The van der Waals surface area contributed by atoms with Gasteiger partial charge in [-0.15, -0.1) is 0 Å². The van der Waals surface area contributed by atoms with Gasteiger partial charge >= 0.3 is 5.97 Å². The van der Waals surface area contributed by atoms with Gasteiger partial charge in [-0.25, -0.2) is 0 Å². The second-order valence-corrected chi connectivity index (χ2v) is 18.4. The zero-order chi connectivity index (χ0) is 45.9. The molecule has 366 valence electrons. The van der Waals surface area contributed by atoms with Crippen molar-refractivity contribution in [2.45, 2.75) is 283 Å². The number of carbonyl (C=O) groups is 2. The minimum Gasteiger partial charge on any atom is -0.462 e. The minimum absolute atomic E-state index is 0.0494. The lowest BCUT2D eigenvalue weighted by Crippen LogP contribution is -2.46. The molecule has 0 aliphatic carbocycles. The van der Waals surface area contributed by atoms with E-state index >= 15 is 0 Å². The Kier molecular flexibility index (Phi) is 48.6. The van der Waals surface area contributed by atoms with Crippen molar-refractivity contribution in [3.63, 3.8) is 0 Å². The average molecular weight is 882 g/mol. The van der Waals surface area contributed by atoms with Gasteiger partial charge in [-0.3, -0.25) is 9.59 Å². The van der Waals surface area contributed by atoms with Crippen LogP contribution in [-0.4, -0.2) is 46.9 Å². The van der Waals surface area contributed by atoms with E-state index in [1.807, 2.05) is 0 Å². The molecule has 0 spiro atoms. The third-order valence-electron chi connectivity index (χ3n) is 12.2. The van der Waals surface area contributed by atoms with Gasteiger partial charge in [0.2, 0.25) is 5.91 Å². The number of aliphatic hydroxyl groups excluding tert-OH is 2. The van der Waals surface area contributed by atoms with Gasteiger partial charge in [-0.05, 0) is 77.0 Å². The fourth-order valence-electron chi connectivity index (χ4n) is 8.03. The minimum atomic E-state index is -0.800. The first-order valence-corrected chi connectivity index (χ1v) is 27.1. The summed E-state index contributed by atoms with van der Waals surface area (Å²) in [6.45, 7) is 6.43. The van der Waals surface area contributed by atoms with Crippen LogP contribution in [0.25, 0.3) is 0 Å². The lowest BCUT2D eigenvalue weighted by Gasteiger charge is -2.24.